The molecule has 114 valence electrons. The third-order valence-corrected chi connectivity index (χ3v) is 3.14. The molecule has 0 unspecified atom stereocenters. The van der Waals surface area contributed by atoms with E-state index in [0.717, 1.165) is 11.3 Å². The van der Waals surface area contributed by atoms with Crippen molar-refractivity contribution in [1.29, 1.82) is 0 Å². The van der Waals surface area contributed by atoms with Crippen LogP contribution in [0, 0.1) is 0 Å². The quantitative estimate of drug-likeness (QED) is 0.626. The van der Waals surface area contributed by atoms with Gasteiger partial charge in [-0.1, -0.05) is 12.1 Å². The number of esters is 1. The summed E-state index contributed by atoms with van der Waals surface area (Å²) in [6.45, 7) is 0.427. The van der Waals surface area contributed by atoms with Gasteiger partial charge in [0, 0.05) is 17.8 Å². The van der Waals surface area contributed by atoms with E-state index in [1.807, 2.05) is 24.3 Å². The van der Waals surface area contributed by atoms with Gasteiger partial charge >= 0.3 is 5.97 Å². The average molecular weight is 299 g/mol. The fourth-order valence-corrected chi connectivity index (χ4v) is 2.00. The van der Waals surface area contributed by atoms with Crippen LogP contribution in [0.4, 0.5) is 0 Å². The van der Waals surface area contributed by atoms with E-state index >= 15 is 0 Å². The molecule has 5 nitrogen and oxygen atoms in total. The highest BCUT2D eigenvalue weighted by molar-refractivity contribution is 5.86. The van der Waals surface area contributed by atoms with E-state index < -0.39 is 5.97 Å². The molecule has 0 bridgehead atoms. The second-order valence-corrected chi connectivity index (χ2v) is 4.60. The Labute approximate surface area is 128 Å². The summed E-state index contributed by atoms with van der Waals surface area (Å²) in [7, 11) is 2.89. The third kappa shape index (κ3) is 3.85. The van der Waals surface area contributed by atoms with Crippen LogP contribution in [0.5, 0.6) is 5.75 Å². The van der Waals surface area contributed by atoms with Crippen LogP contribution in [0.15, 0.2) is 53.5 Å². The second-order valence-electron chi connectivity index (χ2n) is 4.60. The van der Waals surface area contributed by atoms with Gasteiger partial charge in [-0.15, -0.1) is 0 Å². The molecule has 0 aliphatic carbocycles. The fraction of sp³-hybridized carbons (Fsp3) is 0.176. The minimum atomic E-state index is -0.498. The van der Waals surface area contributed by atoms with Crippen molar-refractivity contribution in [1.82, 2.24) is 4.57 Å². The summed E-state index contributed by atoms with van der Waals surface area (Å²) in [6.07, 6.45) is 4.39. The molecule has 0 atom stereocenters. The van der Waals surface area contributed by atoms with Crippen molar-refractivity contribution in [3.05, 3.63) is 70.2 Å². The monoisotopic (exact) mass is 299 g/mol. The van der Waals surface area contributed by atoms with E-state index in [4.69, 9.17) is 4.74 Å². The minimum Gasteiger partial charge on any atom is -0.497 e. The Morgan fingerprint density at radius 2 is 2.05 bits per heavy atom. The molecule has 0 N–H and O–H groups in total. The molecule has 2 rings (SSSR count). The zero-order valence-corrected chi connectivity index (χ0v) is 12.5. The van der Waals surface area contributed by atoms with Gasteiger partial charge in [0.05, 0.1) is 20.8 Å². The lowest BCUT2D eigenvalue weighted by Gasteiger charge is -2.08. The summed E-state index contributed by atoms with van der Waals surface area (Å²) in [5.41, 5.74) is 1.21. The summed E-state index contributed by atoms with van der Waals surface area (Å²) in [6, 6.07) is 10.9. The summed E-state index contributed by atoms with van der Waals surface area (Å²) < 4.78 is 11.3. The number of hydrogen-bond donors (Lipinski definition) is 0. The van der Waals surface area contributed by atoms with Crippen molar-refractivity contribution in [3.63, 3.8) is 0 Å². The van der Waals surface area contributed by atoms with Gasteiger partial charge in [-0.05, 0) is 35.9 Å². The molecule has 0 aliphatic heterocycles. The first-order valence-electron chi connectivity index (χ1n) is 6.72. The molecule has 0 saturated heterocycles. The summed E-state index contributed by atoms with van der Waals surface area (Å²) in [5, 5.41) is 0. The van der Waals surface area contributed by atoms with Crippen molar-refractivity contribution in [2.45, 2.75) is 6.54 Å². The SMILES string of the molecule is COC(=O)/C=C/c1cccn(Cc2cccc(OC)c2)c1=O. The van der Waals surface area contributed by atoms with Crippen LogP contribution in [-0.2, 0) is 16.1 Å². The number of rotatable bonds is 5. The van der Waals surface area contributed by atoms with Crippen molar-refractivity contribution < 1.29 is 14.3 Å². The third-order valence-electron chi connectivity index (χ3n) is 3.14. The first-order chi connectivity index (χ1) is 10.6. The van der Waals surface area contributed by atoms with E-state index in [1.165, 1.54) is 19.3 Å². The predicted molar refractivity (Wildman–Crippen MR) is 83.8 cm³/mol. The Balaban J connectivity index is 2.27. The number of benzene rings is 1. The molecule has 0 fully saturated rings. The number of carbonyl (C=O) groups is 1. The molecular weight excluding hydrogens is 282 g/mol. The standard InChI is InChI=1S/C17H17NO4/c1-21-15-7-3-5-13(11-15)12-18-10-4-6-14(17(18)20)8-9-16(19)22-2/h3-11H,12H2,1-2H3/b9-8+. The number of aromatic nitrogens is 1. The zero-order chi connectivity index (χ0) is 15.9. The molecule has 0 saturated carbocycles. The molecule has 0 aliphatic rings. The number of pyridine rings is 1. The molecule has 2 aromatic rings. The second kappa shape index (κ2) is 7.26. The number of ether oxygens (including phenoxy) is 2. The fourth-order valence-electron chi connectivity index (χ4n) is 2.00. The number of nitrogens with zero attached hydrogens (tertiary/aromatic N) is 1. The average Bonchev–Trinajstić information content (AvgIpc) is 2.55. The topological polar surface area (TPSA) is 57.5 Å². The van der Waals surface area contributed by atoms with Crippen LogP contribution < -0.4 is 10.3 Å². The van der Waals surface area contributed by atoms with E-state index in [0.29, 0.717) is 12.1 Å². The Morgan fingerprint density at radius 1 is 1.23 bits per heavy atom. The lowest BCUT2D eigenvalue weighted by molar-refractivity contribution is -0.134. The Bertz CT molecular complexity index is 746. The molecule has 0 amide bonds. The Hall–Kier alpha value is -2.82. The highest BCUT2D eigenvalue weighted by Gasteiger charge is 2.03. The molecule has 0 radical (unpaired) electrons. The van der Waals surface area contributed by atoms with Crippen molar-refractivity contribution >= 4 is 12.0 Å². The minimum absolute atomic E-state index is 0.175. The largest absolute Gasteiger partial charge is 0.497 e. The van der Waals surface area contributed by atoms with E-state index in [1.54, 1.807) is 30.0 Å². The van der Waals surface area contributed by atoms with Crippen LogP contribution in [-0.4, -0.2) is 24.8 Å². The molecule has 1 aromatic carbocycles. The molecular formula is C17H17NO4. The Kier molecular flexibility index (Phi) is 5.14. The lowest BCUT2D eigenvalue weighted by Crippen LogP contribution is -2.21. The molecule has 22 heavy (non-hydrogen) atoms. The smallest absolute Gasteiger partial charge is 0.330 e. The summed E-state index contributed by atoms with van der Waals surface area (Å²) in [4.78, 5) is 23.5. The highest BCUT2D eigenvalue weighted by Crippen LogP contribution is 2.13. The van der Waals surface area contributed by atoms with Gasteiger partial charge < -0.3 is 14.0 Å². The highest BCUT2D eigenvalue weighted by atomic mass is 16.5. The molecule has 5 heteroatoms. The van der Waals surface area contributed by atoms with Gasteiger partial charge in [0.1, 0.15) is 5.75 Å². The van der Waals surface area contributed by atoms with Gasteiger partial charge in [0.2, 0.25) is 0 Å². The van der Waals surface area contributed by atoms with Gasteiger partial charge in [-0.3, -0.25) is 4.79 Å². The van der Waals surface area contributed by atoms with Crippen LogP contribution in [0.25, 0.3) is 6.08 Å². The summed E-state index contributed by atoms with van der Waals surface area (Å²) in [5.74, 6) is 0.245. The van der Waals surface area contributed by atoms with Crippen molar-refractivity contribution in [2.24, 2.45) is 0 Å². The van der Waals surface area contributed by atoms with Crippen molar-refractivity contribution in [3.8, 4) is 5.75 Å². The van der Waals surface area contributed by atoms with E-state index in [9.17, 15) is 9.59 Å². The van der Waals surface area contributed by atoms with Crippen LogP contribution >= 0.6 is 0 Å². The zero-order valence-electron chi connectivity index (χ0n) is 12.5. The summed E-state index contributed by atoms with van der Waals surface area (Å²) >= 11 is 0. The molecule has 1 heterocycles. The van der Waals surface area contributed by atoms with E-state index in [2.05, 4.69) is 4.74 Å². The van der Waals surface area contributed by atoms with E-state index in [-0.39, 0.29) is 5.56 Å². The van der Waals surface area contributed by atoms with Gasteiger partial charge in [0.25, 0.3) is 5.56 Å². The van der Waals surface area contributed by atoms with Gasteiger partial charge in [0.15, 0.2) is 0 Å². The first-order valence-corrected chi connectivity index (χ1v) is 6.72. The Morgan fingerprint density at radius 3 is 2.77 bits per heavy atom. The molecule has 1 aromatic heterocycles. The maximum atomic E-state index is 12.4. The predicted octanol–water partition coefficient (Wildman–Crippen LogP) is 2.09. The number of hydrogen-bond acceptors (Lipinski definition) is 4. The maximum Gasteiger partial charge on any atom is 0.330 e. The number of methoxy groups -OCH3 is 2. The van der Waals surface area contributed by atoms with Crippen LogP contribution in [0.1, 0.15) is 11.1 Å². The number of carbonyl (C=O) groups excluding carboxylic acids is 1. The normalized spacial score (nSPS) is 10.6. The van der Waals surface area contributed by atoms with Gasteiger partial charge in [-0.25, -0.2) is 4.79 Å². The van der Waals surface area contributed by atoms with Crippen LogP contribution in [0.2, 0.25) is 0 Å². The lowest BCUT2D eigenvalue weighted by atomic mass is 10.2. The first kappa shape index (κ1) is 15.6. The maximum absolute atomic E-state index is 12.4. The van der Waals surface area contributed by atoms with Crippen LogP contribution in [0.3, 0.4) is 0 Å². The molecule has 0 spiro atoms. The van der Waals surface area contributed by atoms with Gasteiger partial charge in [-0.2, -0.15) is 0 Å². The van der Waals surface area contributed by atoms with Crippen molar-refractivity contribution in [2.75, 3.05) is 14.2 Å².